The average molecular weight is 378 g/mol. The third kappa shape index (κ3) is 3.81. The number of rotatable bonds is 5. The van der Waals surface area contributed by atoms with E-state index in [0.717, 1.165) is 53.1 Å². The Balaban J connectivity index is 1.34. The van der Waals surface area contributed by atoms with Crippen molar-refractivity contribution >= 4 is 17.1 Å². The van der Waals surface area contributed by atoms with Gasteiger partial charge in [0.2, 0.25) is 0 Å². The lowest BCUT2D eigenvalue weighted by Crippen LogP contribution is -2.41. The molecule has 2 heterocycles. The highest BCUT2D eigenvalue weighted by molar-refractivity contribution is 5.77. The van der Waals surface area contributed by atoms with Crippen LogP contribution in [0.4, 0.5) is 4.79 Å². The van der Waals surface area contributed by atoms with Crippen LogP contribution in [0.1, 0.15) is 35.8 Å². The number of ether oxygens (including phenoxy) is 1. The van der Waals surface area contributed by atoms with Gasteiger partial charge in [0.25, 0.3) is 0 Å². The molecule has 1 aliphatic heterocycles. The SMILES string of the molecule is Cc1ccc(C)c(OCCNC(=O)N2CCCC2c2nc3ccccc3[nH]2)c1. The van der Waals surface area contributed by atoms with E-state index in [4.69, 9.17) is 4.74 Å². The minimum atomic E-state index is -0.0625. The number of hydrogen-bond donors (Lipinski definition) is 2. The number of urea groups is 1. The monoisotopic (exact) mass is 378 g/mol. The minimum absolute atomic E-state index is 0.00710. The fraction of sp³-hybridized carbons (Fsp3) is 0.364. The van der Waals surface area contributed by atoms with Crippen molar-refractivity contribution in [2.75, 3.05) is 19.7 Å². The molecule has 1 unspecified atom stereocenters. The molecule has 1 aliphatic rings. The smallest absolute Gasteiger partial charge is 0.318 e. The van der Waals surface area contributed by atoms with E-state index in [0.29, 0.717) is 13.2 Å². The Hall–Kier alpha value is -3.02. The lowest BCUT2D eigenvalue weighted by atomic mass is 10.1. The van der Waals surface area contributed by atoms with E-state index >= 15 is 0 Å². The molecule has 146 valence electrons. The molecule has 0 aliphatic carbocycles. The van der Waals surface area contributed by atoms with Crippen LogP contribution in [-0.4, -0.2) is 40.6 Å². The number of imidazole rings is 1. The zero-order valence-corrected chi connectivity index (χ0v) is 16.4. The van der Waals surface area contributed by atoms with E-state index in [2.05, 4.69) is 21.4 Å². The Bertz CT molecular complexity index is 949. The van der Waals surface area contributed by atoms with Crippen molar-refractivity contribution in [1.82, 2.24) is 20.2 Å². The Morgan fingerprint density at radius 2 is 2.14 bits per heavy atom. The second-order valence-corrected chi connectivity index (χ2v) is 7.34. The van der Waals surface area contributed by atoms with E-state index in [9.17, 15) is 4.79 Å². The highest BCUT2D eigenvalue weighted by Crippen LogP contribution is 2.31. The van der Waals surface area contributed by atoms with Crippen molar-refractivity contribution in [1.29, 1.82) is 0 Å². The minimum Gasteiger partial charge on any atom is -0.491 e. The number of aromatic nitrogens is 2. The van der Waals surface area contributed by atoms with Crippen LogP contribution < -0.4 is 10.1 Å². The highest BCUT2D eigenvalue weighted by atomic mass is 16.5. The maximum Gasteiger partial charge on any atom is 0.318 e. The quantitative estimate of drug-likeness (QED) is 0.657. The number of likely N-dealkylation sites (tertiary alicyclic amines) is 1. The maximum atomic E-state index is 12.7. The molecule has 6 nitrogen and oxygen atoms in total. The van der Waals surface area contributed by atoms with Gasteiger partial charge in [0, 0.05) is 6.54 Å². The van der Waals surface area contributed by atoms with Crippen molar-refractivity contribution in [3.05, 3.63) is 59.4 Å². The number of H-pyrrole nitrogens is 1. The van der Waals surface area contributed by atoms with Crippen molar-refractivity contribution in [2.24, 2.45) is 0 Å². The number of hydrogen-bond acceptors (Lipinski definition) is 3. The predicted molar refractivity (Wildman–Crippen MR) is 110 cm³/mol. The van der Waals surface area contributed by atoms with Crippen LogP contribution in [0.3, 0.4) is 0 Å². The second kappa shape index (κ2) is 7.92. The topological polar surface area (TPSA) is 70.2 Å². The fourth-order valence-electron chi connectivity index (χ4n) is 3.71. The molecule has 2 N–H and O–H groups in total. The molecular weight excluding hydrogens is 352 g/mol. The van der Waals surface area contributed by atoms with Crippen LogP contribution in [0.2, 0.25) is 0 Å². The van der Waals surface area contributed by atoms with E-state index in [1.807, 2.05) is 55.1 Å². The van der Waals surface area contributed by atoms with Crippen molar-refractivity contribution in [2.45, 2.75) is 32.7 Å². The Morgan fingerprint density at radius 3 is 3.00 bits per heavy atom. The summed E-state index contributed by atoms with van der Waals surface area (Å²) >= 11 is 0. The van der Waals surface area contributed by atoms with Gasteiger partial charge in [-0.3, -0.25) is 0 Å². The number of nitrogens with one attached hydrogen (secondary N) is 2. The number of fused-ring (bicyclic) bond motifs is 1. The van der Waals surface area contributed by atoms with Gasteiger partial charge in [-0.05, 0) is 56.0 Å². The molecule has 6 heteroatoms. The fourth-order valence-corrected chi connectivity index (χ4v) is 3.71. The first-order chi connectivity index (χ1) is 13.6. The average Bonchev–Trinajstić information content (AvgIpc) is 3.34. The van der Waals surface area contributed by atoms with Gasteiger partial charge in [-0.1, -0.05) is 24.3 Å². The van der Waals surface area contributed by atoms with Crippen molar-refractivity contribution in [3.63, 3.8) is 0 Å². The van der Waals surface area contributed by atoms with Gasteiger partial charge in [-0.2, -0.15) is 0 Å². The van der Waals surface area contributed by atoms with Gasteiger partial charge >= 0.3 is 6.03 Å². The summed E-state index contributed by atoms with van der Waals surface area (Å²) in [5, 5.41) is 2.98. The maximum absolute atomic E-state index is 12.7. The summed E-state index contributed by atoms with van der Waals surface area (Å²) in [6, 6.07) is 14.0. The van der Waals surface area contributed by atoms with Crippen molar-refractivity contribution < 1.29 is 9.53 Å². The lowest BCUT2D eigenvalue weighted by molar-refractivity contribution is 0.188. The Morgan fingerprint density at radius 1 is 1.29 bits per heavy atom. The zero-order valence-electron chi connectivity index (χ0n) is 16.4. The van der Waals surface area contributed by atoms with Crippen LogP contribution in [0.15, 0.2) is 42.5 Å². The molecular formula is C22H26N4O2. The van der Waals surface area contributed by atoms with E-state index in [1.54, 1.807) is 0 Å². The van der Waals surface area contributed by atoms with Crippen LogP contribution in [-0.2, 0) is 0 Å². The summed E-state index contributed by atoms with van der Waals surface area (Å²) in [4.78, 5) is 22.6. The molecule has 0 bridgehead atoms. The molecule has 1 atom stereocenters. The number of para-hydroxylation sites is 2. The highest BCUT2D eigenvalue weighted by Gasteiger charge is 2.32. The number of carbonyl (C=O) groups is 1. The molecule has 1 aromatic heterocycles. The molecule has 2 aromatic carbocycles. The lowest BCUT2D eigenvalue weighted by Gasteiger charge is -2.23. The molecule has 1 saturated heterocycles. The summed E-state index contributed by atoms with van der Waals surface area (Å²) in [5.41, 5.74) is 4.20. The van der Waals surface area contributed by atoms with Gasteiger partial charge in [-0.25, -0.2) is 9.78 Å². The first-order valence-electron chi connectivity index (χ1n) is 9.81. The van der Waals surface area contributed by atoms with Crippen LogP contribution >= 0.6 is 0 Å². The zero-order chi connectivity index (χ0) is 19.5. The third-order valence-corrected chi connectivity index (χ3v) is 5.22. The first-order valence-corrected chi connectivity index (χ1v) is 9.81. The molecule has 4 rings (SSSR count). The molecule has 2 amide bonds. The second-order valence-electron chi connectivity index (χ2n) is 7.34. The number of benzene rings is 2. The third-order valence-electron chi connectivity index (χ3n) is 5.22. The number of amides is 2. The number of aromatic amines is 1. The van der Waals surface area contributed by atoms with E-state index in [1.165, 1.54) is 0 Å². The largest absolute Gasteiger partial charge is 0.491 e. The van der Waals surface area contributed by atoms with Gasteiger partial charge < -0.3 is 19.9 Å². The molecule has 0 radical (unpaired) electrons. The number of aryl methyl sites for hydroxylation is 2. The first kappa shape index (κ1) is 18.3. The van der Waals surface area contributed by atoms with E-state index in [-0.39, 0.29) is 12.1 Å². The van der Waals surface area contributed by atoms with Gasteiger partial charge in [0.05, 0.1) is 23.6 Å². The Kier molecular flexibility index (Phi) is 5.19. The van der Waals surface area contributed by atoms with Crippen LogP contribution in [0.5, 0.6) is 5.75 Å². The summed E-state index contributed by atoms with van der Waals surface area (Å²) in [6.45, 7) is 5.72. The summed E-state index contributed by atoms with van der Waals surface area (Å²) < 4.78 is 5.83. The van der Waals surface area contributed by atoms with Gasteiger partial charge in [0.15, 0.2) is 0 Å². The number of nitrogens with zero attached hydrogens (tertiary/aromatic N) is 2. The standard InChI is InChI=1S/C22H26N4O2/c1-15-9-10-16(2)20(14-15)28-13-11-23-22(27)26-12-5-8-19(26)21-24-17-6-3-4-7-18(17)25-21/h3-4,6-7,9-10,14,19H,5,8,11-13H2,1-2H3,(H,23,27)(H,24,25). The molecule has 0 saturated carbocycles. The normalized spacial score (nSPS) is 16.5. The van der Waals surface area contributed by atoms with Gasteiger partial charge in [-0.15, -0.1) is 0 Å². The molecule has 3 aromatic rings. The summed E-state index contributed by atoms with van der Waals surface area (Å²) in [6.07, 6.45) is 1.90. The molecule has 1 fully saturated rings. The number of carbonyl (C=O) groups excluding carboxylic acids is 1. The van der Waals surface area contributed by atoms with Crippen LogP contribution in [0.25, 0.3) is 11.0 Å². The van der Waals surface area contributed by atoms with E-state index < -0.39 is 0 Å². The van der Waals surface area contributed by atoms with Crippen molar-refractivity contribution in [3.8, 4) is 5.75 Å². The molecule has 28 heavy (non-hydrogen) atoms. The Labute approximate surface area is 164 Å². The summed E-state index contributed by atoms with van der Waals surface area (Å²) in [5.74, 6) is 1.73. The van der Waals surface area contributed by atoms with Crippen LogP contribution in [0, 0.1) is 13.8 Å². The molecule has 0 spiro atoms. The van der Waals surface area contributed by atoms with Gasteiger partial charge in [0.1, 0.15) is 18.2 Å². The predicted octanol–water partition coefficient (Wildman–Crippen LogP) is 4.11. The summed E-state index contributed by atoms with van der Waals surface area (Å²) in [7, 11) is 0.